The molecule has 5 heteroatoms. The van der Waals surface area contributed by atoms with Crippen molar-refractivity contribution in [2.75, 3.05) is 6.54 Å². The lowest BCUT2D eigenvalue weighted by Crippen LogP contribution is -2.11. The smallest absolute Gasteiger partial charge is 0.166 e. The second-order valence-electron chi connectivity index (χ2n) is 3.45. The highest BCUT2D eigenvalue weighted by molar-refractivity contribution is 7.14. The van der Waals surface area contributed by atoms with E-state index in [0.29, 0.717) is 0 Å². The molecule has 0 amide bonds. The number of pyridine rings is 1. The van der Waals surface area contributed by atoms with Crippen LogP contribution in [0.2, 0.25) is 0 Å². The van der Waals surface area contributed by atoms with Gasteiger partial charge >= 0.3 is 0 Å². The molecule has 2 rings (SSSR count). The first-order valence-corrected chi connectivity index (χ1v) is 6.08. The van der Waals surface area contributed by atoms with Gasteiger partial charge in [0.15, 0.2) is 5.01 Å². The molecule has 0 radical (unpaired) electrons. The van der Waals surface area contributed by atoms with Crippen LogP contribution in [0.4, 0.5) is 0 Å². The van der Waals surface area contributed by atoms with E-state index in [-0.39, 0.29) is 0 Å². The predicted octanol–water partition coefficient (Wildman–Crippen LogP) is 2.02. The Labute approximate surface area is 98.8 Å². The summed E-state index contributed by atoms with van der Waals surface area (Å²) in [6.45, 7) is 5.83. The highest BCUT2D eigenvalue weighted by Gasteiger charge is 2.09. The Bertz CT molecular complexity index is 467. The van der Waals surface area contributed by atoms with E-state index in [1.165, 1.54) is 0 Å². The topological polar surface area (TPSA) is 50.7 Å². The third kappa shape index (κ3) is 2.43. The van der Waals surface area contributed by atoms with E-state index in [1.54, 1.807) is 17.5 Å². The van der Waals surface area contributed by atoms with Crippen molar-refractivity contribution in [3.05, 3.63) is 28.9 Å². The largest absolute Gasteiger partial charge is 0.311 e. The second-order valence-corrected chi connectivity index (χ2v) is 4.51. The maximum atomic E-state index is 4.33. The second kappa shape index (κ2) is 5.14. The van der Waals surface area contributed by atoms with E-state index in [1.807, 2.05) is 19.1 Å². The van der Waals surface area contributed by atoms with Gasteiger partial charge in [0.05, 0.1) is 0 Å². The molecule has 0 unspecified atom stereocenters. The minimum Gasteiger partial charge on any atom is -0.311 e. The van der Waals surface area contributed by atoms with Crippen molar-refractivity contribution in [2.24, 2.45) is 0 Å². The number of aromatic nitrogens is 3. The van der Waals surface area contributed by atoms with Gasteiger partial charge in [0.2, 0.25) is 0 Å². The lowest BCUT2D eigenvalue weighted by molar-refractivity contribution is 0.715. The molecule has 16 heavy (non-hydrogen) atoms. The highest BCUT2D eigenvalue weighted by atomic mass is 32.1. The fourth-order valence-electron chi connectivity index (χ4n) is 1.36. The maximum absolute atomic E-state index is 4.33. The van der Waals surface area contributed by atoms with E-state index < -0.39 is 0 Å². The normalized spacial score (nSPS) is 10.6. The molecule has 2 aromatic rings. The van der Waals surface area contributed by atoms with Crippen LogP contribution < -0.4 is 5.32 Å². The number of aryl methyl sites for hydroxylation is 1. The number of nitrogens with zero attached hydrogens (tertiary/aromatic N) is 3. The molecule has 4 nitrogen and oxygen atoms in total. The minimum atomic E-state index is 0.778. The van der Waals surface area contributed by atoms with E-state index >= 15 is 0 Å². The first-order chi connectivity index (χ1) is 7.81. The molecule has 1 N–H and O–H groups in total. The summed E-state index contributed by atoms with van der Waals surface area (Å²) in [4.78, 5) is 4.33. The third-order valence-corrected chi connectivity index (χ3v) is 3.14. The van der Waals surface area contributed by atoms with Gasteiger partial charge in [0.1, 0.15) is 10.7 Å². The van der Waals surface area contributed by atoms with Crippen LogP contribution in [0.15, 0.2) is 18.3 Å². The summed E-state index contributed by atoms with van der Waals surface area (Å²) in [5, 5.41) is 13.4. The van der Waals surface area contributed by atoms with Crippen molar-refractivity contribution in [3.8, 4) is 10.7 Å². The summed E-state index contributed by atoms with van der Waals surface area (Å²) in [7, 11) is 0. The number of hydrogen-bond acceptors (Lipinski definition) is 5. The predicted molar refractivity (Wildman–Crippen MR) is 65.3 cm³/mol. The Morgan fingerprint density at radius 1 is 1.38 bits per heavy atom. The summed E-state index contributed by atoms with van der Waals surface area (Å²) in [6.07, 6.45) is 1.79. The SMILES string of the molecule is CCNCc1nnc(-c2ncccc2C)s1. The molecule has 0 fully saturated rings. The van der Waals surface area contributed by atoms with E-state index in [2.05, 4.69) is 27.4 Å². The van der Waals surface area contributed by atoms with E-state index in [0.717, 1.165) is 34.4 Å². The Morgan fingerprint density at radius 2 is 2.25 bits per heavy atom. The fourth-order valence-corrected chi connectivity index (χ4v) is 2.23. The van der Waals surface area contributed by atoms with E-state index in [9.17, 15) is 0 Å². The van der Waals surface area contributed by atoms with Gasteiger partial charge in [0, 0.05) is 12.7 Å². The Balaban J connectivity index is 2.22. The van der Waals surface area contributed by atoms with Gasteiger partial charge in [0.25, 0.3) is 0 Å². The van der Waals surface area contributed by atoms with Crippen LogP contribution in [0, 0.1) is 6.92 Å². The van der Waals surface area contributed by atoms with Crippen molar-refractivity contribution in [1.29, 1.82) is 0 Å². The molecule has 0 saturated carbocycles. The van der Waals surface area contributed by atoms with Gasteiger partial charge in [-0.1, -0.05) is 24.3 Å². The van der Waals surface area contributed by atoms with Gasteiger partial charge in [-0.25, -0.2) is 0 Å². The van der Waals surface area contributed by atoms with Crippen molar-refractivity contribution in [3.63, 3.8) is 0 Å². The summed E-state index contributed by atoms with van der Waals surface area (Å²) in [6, 6.07) is 3.97. The zero-order chi connectivity index (χ0) is 11.4. The molecule has 2 aromatic heterocycles. The molecule has 0 bridgehead atoms. The van der Waals surface area contributed by atoms with Crippen LogP contribution in [-0.2, 0) is 6.54 Å². The number of nitrogens with one attached hydrogen (secondary N) is 1. The molecule has 0 atom stereocenters. The minimum absolute atomic E-state index is 0.778. The van der Waals surface area contributed by atoms with Gasteiger partial charge in [-0.05, 0) is 25.1 Å². The van der Waals surface area contributed by atoms with Crippen LogP contribution in [0.3, 0.4) is 0 Å². The molecule has 2 heterocycles. The average molecular weight is 234 g/mol. The Morgan fingerprint density at radius 3 is 3.00 bits per heavy atom. The molecule has 0 aromatic carbocycles. The monoisotopic (exact) mass is 234 g/mol. The van der Waals surface area contributed by atoms with Crippen molar-refractivity contribution in [2.45, 2.75) is 20.4 Å². The molecule has 0 saturated heterocycles. The molecular formula is C11H14N4S. The summed E-state index contributed by atoms with van der Waals surface area (Å²) in [5.74, 6) is 0. The van der Waals surface area contributed by atoms with Crippen molar-refractivity contribution >= 4 is 11.3 Å². The van der Waals surface area contributed by atoms with E-state index in [4.69, 9.17) is 0 Å². The quantitative estimate of drug-likeness (QED) is 0.879. The van der Waals surface area contributed by atoms with Gasteiger partial charge in [-0.15, -0.1) is 10.2 Å². The van der Waals surface area contributed by atoms with Crippen molar-refractivity contribution < 1.29 is 0 Å². The van der Waals surface area contributed by atoms with Crippen LogP contribution in [0.25, 0.3) is 10.7 Å². The number of rotatable bonds is 4. The zero-order valence-corrected chi connectivity index (χ0v) is 10.2. The fraction of sp³-hybridized carbons (Fsp3) is 0.364. The maximum Gasteiger partial charge on any atom is 0.166 e. The summed E-state index contributed by atoms with van der Waals surface area (Å²) < 4.78 is 0. The van der Waals surface area contributed by atoms with Crippen molar-refractivity contribution in [1.82, 2.24) is 20.5 Å². The van der Waals surface area contributed by atoms with Gasteiger partial charge in [-0.3, -0.25) is 4.98 Å². The van der Waals surface area contributed by atoms with Crippen LogP contribution in [0.5, 0.6) is 0 Å². The van der Waals surface area contributed by atoms with Gasteiger partial charge < -0.3 is 5.32 Å². The summed E-state index contributed by atoms with van der Waals surface area (Å²) >= 11 is 1.59. The molecular weight excluding hydrogens is 220 g/mol. The number of hydrogen-bond donors (Lipinski definition) is 1. The highest BCUT2D eigenvalue weighted by Crippen LogP contribution is 2.23. The molecule has 0 aliphatic carbocycles. The van der Waals surface area contributed by atoms with Crippen LogP contribution in [0.1, 0.15) is 17.5 Å². The molecule has 0 aliphatic heterocycles. The first-order valence-electron chi connectivity index (χ1n) is 5.26. The van der Waals surface area contributed by atoms with Crippen LogP contribution in [-0.4, -0.2) is 21.7 Å². The standard InChI is InChI=1S/C11H14N4S/c1-3-12-7-9-14-15-11(16-9)10-8(2)5-4-6-13-10/h4-6,12H,3,7H2,1-2H3. The molecule has 84 valence electrons. The third-order valence-electron chi connectivity index (χ3n) is 2.21. The summed E-state index contributed by atoms with van der Waals surface area (Å²) in [5.41, 5.74) is 2.07. The molecule has 0 spiro atoms. The molecule has 0 aliphatic rings. The first kappa shape index (κ1) is 11.2. The van der Waals surface area contributed by atoms with Gasteiger partial charge in [-0.2, -0.15) is 0 Å². The zero-order valence-electron chi connectivity index (χ0n) is 9.40. The lowest BCUT2D eigenvalue weighted by Gasteiger charge is -1.97. The van der Waals surface area contributed by atoms with Crippen LogP contribution >= 0.6 is 11.3 Å². The average Bonchev–Trinajstić information content (AvgIpc) is 2.75. The Kier molecular flexibility index (Phi) is 3.58. The lowest BCUT2D eigenvalue weighted by atomic mass is 10.2. The Hall–Kier alpha value is -1.33.